The van der Waals surface area contributed by atoms with E-state index >= 15 is 0 Å². The molecule has 0 aliphatic rings. The van der Waals surface area contributed by atoms with E-state index in [1.807, 2.05) is 19.3 Å². The van der Waals surface area contributed by atoms with Gasteiger partial charge in [0.1, 0.15) is 0 Å². The van der Waals surface area contributed by atoms with E-state index in [2.05, 4.69) is 27.7 Å². The Kier molecular flexibility index (Phi) is 4.46. The Balaban J connectivity index is 2.12. The zero-order chi connectivity index (χ0) is 14.0. The van der Waals surface area contributed by atoms with Crippen LogP contribution in [0, 0.1) is 3.57 Å². The van der Waals surface area contributed by atoms with Gasteiger partial charge in [-0.25, -0.2) is 0 Å². The Bertz CT molecular complexity index is 612. The third-order valence-electron chi connectivity index (χ3n) is 2.69. The van der Waals surface area contributed by atoms with Crippen LogP contribution in [0.1, 0.15) is 15.9 Å². The lowest BCUT2D eigenvalue weighted by atomic mass is 10.2. The Morgan fingerprint density at radius 1 is 1.53 bits per heavy atom. The van der Waals surface area contributed by atoms with Gasteiger partial charge in [-0.2, -0.15) is 5.10 Å². The molecule has 0 atom stereocenters. The summed E-state index contributed by atoms with van der Waals surface area (Å²) in [6.07, 6.45) is 3.65. The minimum atomic E-state index is -0.0536. The first kappa shape index (κ1) is 14.3. The van der Waals surface area contributed by atoms with Crippen molar-refractivity contribution in [2.75, 3.05) is 7.05 Å². The van der Waals surface area contributed by atoms with Crippen molar-refractivity contribution in [2.45, 2.75) is 6.54 Å². The molecule has 0 unspecified atom stereocenters. The van der Waals surface area contributed by atoms with E-state index in [4.69, 9.17) is 11.6 Å². The van der Waals surface area contributed by atoms with Gasteiger partial charge in [-0.05, 0) is 40.8 Å². The quantitative estimate of drug-likeness (QED) is 0.757. The van der Waals surface area contributed by atoms with Crippen molar-refractivity contribution in [3.8, 4) is 0 Å². The van der Waals surface area contributed by atoms with Gasteiger partial charge in [0.05, 0.1) is 11.2 Å². The van der Waals surface area contributed by atoms with E-state index in [1.54, 1.807) is 35.0 Å². The average Bonchev–Trinajstić information content (AvgIpc) is 2.77. The van der Waals surface area contributed by atoms with Crippen molar-refractivity contribution < 1.29 is 4.79 Å². The van der Waals surface area contributed by atoms with Crippen molar-refractivity contribution in [3.63, 3.8) is 0 Å². The number of nitrogens with zero attached hydrogens (tertiary/aromatic N) is 3. The fraction of sp³-hybridized carbons (Fsp3) is 0.231. The first-order valence-electron chi connectivity index (χ1n) is 5.65. The van der Waals surface area contributed by atoms with Crippen molar-refractivity contribution in [2.24, 2.45) is 7.05 Å². The smallest absolute Gasteiger partial charge is 0.253 e. The van der Waals surface area contributed by atoms with Crippen LogP contribution in [0.15, 0.2) is 30.6 Å². The van der Waals surface area contributed by atoms with Crippen molar-refractivity contribution in [3.05, 3.63) is 50.3 Å². The monoisotopic (exact) mass is 389 g/mol. The van der Waals surface area contributed by atoms with Gasteiger partial charge in [-0.15, -0.1) is 0 Å². The third-order valence-corrected chi connectivity index (χ3v) is 4.26. The molecule has 0 fully saturated rings. The maximum absolute atomic E-state index is 12.3. The minimum Gasteiger partial charge on any atom is -0.337 e. The maximum Gasteiger partial charge on any atom is 0.253 e. The summed E-state index contributed by atoms with van der Waals surface area (Å²) in [5.41, 5.74) is 1.59. The molecular weight excluding hydrogens is 377 g/mol. The molecule has 0 radical (unpaired) electrons. The number of aryl methyl sites for hydroxylation is 1. The van der Waals surface area contributed by atoms with Gasteiger partial charge in [0.25, 0.3) is 5.91 Å². The van der Waals surface area contributed by atoms with Crippen LogP contribution >= 0.6 is 34.2 Å². The Morgan fingerprint density at radius 3 is 2.84 bits per heavy atom. The molecule has 1 aromatic heterocycles. The SMILES string of the molecule is CN(Cc1cnn(C)c1)C(=O)c1ccc(I)c(Cl)c1. The largest absolute Gasteiger partial charge is 0.337 e. The fourth-order valence-electron chi connectivity index (χ4n) is 1.75. The molecule has 4 nitrogen and oxygen atoms in total. The lowest BCUT2D eigenvalue weighted by Crippen LogP contribution is -2.26. The predicted molar refractivity (Wildman–Crippen MR) is 83.2 cm³/mol. The van der Waals surface area contributed by atoms with E-state index in [0.717, 1.165) is 9.13 Å². The highest BCUT2D eigenvalue weighted by Crippen LogP contribution is 2.20. The number of aromatic nitrogens is 2. The Labute approximate surface area is 130 Å². The molecule has 100 valence electrons. The van der Waals surface area contributed by atoms with Crippen LogP contribution in [0.2, 0.25) is 5.02 Å². The van der Waals surface area contributed by atoms with E-state index in [9.17, 15) is 4.79 Å². The van der Waals surface area contributed by atoms with Gasteiger partial charge < -0.3 is 4.90 Å². The number of carbonyl (C=O) groups is 1. The highest BCUT2D eigenvalue weighted by atomic mass is 127. The molecule has 0 aliphatic carbocycles. The van der Waals surface area contributed by atoms with Crippen LogP contribution in [0.4, 0.5) is 0 Å². The molecule has 0 saturated carbocycles. The van der Waals surface area contributed by atoms with E-state index in [1.165, 1.54) is 0 Å². The minimum absolute atomic E-state index is 0.0536. The highest BCUT2D eigenvalue weighted by Gasteiger charge is 2.13. The maximum atomic E-state index is 12.3. The zero-order valence-corrected chi connectivity index (χ0v) is 13.5. The molecule has 0 bridgehead atoms. The third kappa shape index (κ3) is 3.48. The predicted octanol–water partition coefficient (Wildman–Crippen LogP) is 2.95. The van der Waals surface area contributed by atoms with Crippen molar-refractivity contribution in [1.82, 2.24) is 14.7 Å². The molecule has 0 spiro atoms. The second kappa shape index (κ2) is 5.92. The van der Waals surface area contributed by atoms with Gasteiger partial charge in [0.2, 0.25) is 0 Å². The van der Waals surface area contributed by atoms with Gasteiger partial charge in [0, 0.05) is 41.5 Å². The number of hydrogen-bond acceptors (Lipinski definition) is 2. The lowest BCUT2D eigenvalue weighted by molar-refractivity contribution is 0.0785. The van der Waals surface area contributed by atoms with Crippen LogP contribution in [-0.4, -0.2) is 27.6 Å². The van der Waals surface area contributed by atoms with Gasteiger partial charge in [0.15, 0.2) is 0 Å². The molecule has 1 heterocycles. The van der Waals surface area contributed by atoms with Crippen LogP contribution < -0.4 is 0 Å². The number of rotatable bonds is 3. The van der Waals surface area contributed by atoms with Crippen LogP contribution in [0.5, 0.6) is 0 Å². The molecule has 0 saturated heterocycles. The first-order chi connectivity index (χ1) is 8.97. The van der Waals surface area contributed by atoms with Crippen LogP contribution in [0.3, 0.4) is 0 Å². The average molecular weight is 390 g/mol. The summed E-state index contributed by atoms with van der Waals surface area (Å²) in [5, 5.41) is 4.68. The summed E-state index contributed by atoms with van der Waals surface area (Å²) >= 11 is 8.17. The van der Waals surface area contributed by atoms with Gasteiger partial charge >= 0.3 is 0 Å². The summed E-state index contributed by atoms with van der Waals surface area (Å²) in [6, 6.07) is 5.33. The van der Waals surface area contributed by atoms with Crippen molar-refractivity contribution >= 4 is 40.1 Å². The second-order valence-electron chi connectivity index (χ2n) is 4.31. The van der Waals surface area contributed by atoms with Gasteiger partial charge in [-0.1, -0.05) is 11.6 Å². The molecular formula is C13H13ClIN3O. The van der Waals surface area contributed by atoms with Gasteiger partial charge in [-0.3, -0.25) is 9.48 Å². The fourth-order valence-corrected chi connectivity index (χ4v) is 2.26. The number of carbonyl (C=O) groups excluding carboxylic acids is 1. The van der Waals surface area contributed by atoms with Crippen molar-refractivity contribution in [1.29, 1.82) is 0 Å². The molecule has 1 aromatic carbocycles. The van der Waals surface area contributed by atoms with E-state index in [0.29, 0.717) is 17.1 Å². The molecule has 2 rings (SSSR count). The summed E-state index contributed by atoms with van der Waals surface area (Å²) in [6.45, 7) is 0.524. The molecule has 19 heavy (non-hydrogen) atoms. The van der Waals surface area contributed by atoms with E-state index < -0.39 is 0 Å². The molecule has 0 N–H and O–H groups in total. The number of hydrogen-bond donors (Lipinski definition) is 0. The molecule has 2 aromatic rings. The second-order valence-corrected chi connectivity index (χ2v) is 5.88. The molecule has 6 heteroatoms. The molecule has 1 amide bonds. The highest BCUT2D eigenvalue weighted by molar-refractivity contribution is 14.1. The summed E-state index contributed by atoms with van der Waals surface area (Å²) in [5.74, 6) is -0.0536. The Hall–Kier alpha value is -1.08. The summed E-state index contributed by atoms with van der Waals surface area (Å²) < 4.78 is 2.65. The Morgan fingerprint density at radius 2 is 2.26 bits per heavy atom. The number of halogens is 2. The number of benzene rings is 1. The lowest BCUT2D eigenvalue weighted by Gasteiger charge is -2.16. The van der Waals surface area contributed by atoms with Crippen LogP contribution in [-0.2, 0) is 13.6 Å². The normalized spacial score (nSPS) is 10.5. The summed E-state index contributed by atoms with van der Waals surface area (Å²) in [4.78, 5) is 13.9. The summed E-state index contributed by atoms with van der Waals surface area (Å²) in [7, 11) is 3.62. The van der Waals surface area contributed by atoms with Crippen LogP contribution in [0.25, 0.3) is 0 Å². The topological polar surface area (TPSA) is 38.1 Å². The van der Waals surface area contributed by atoms with E-state index in [-0.39, 0.29) is 5.91 Å². The first-order valence-corrected chi connectivity index (χ1v) is 7.11. The number of amides is 1. The zero-order valence-electron chi connectivity index (χ0n) is 10.6. The standard InChI is InChI=1S/C13H13ClIN3O/c1-17(7-9-6-16-18(2)8-9)13(19)10-3-4-12(15)11(14)5-10/h3-6,8H,7H2,1-2H3. The molecule has 0 aliphatic heterocycles.